The van der Waals surface area contributed by atoms with Crippen molar-refractivity contribution in [3.05, 3.63) is 35.6 Å². The number of nitriles is 1. The van der Waals surface area contributed by atoms with E-state index < -0.39 is 23.4 Å². The molecule has 0 fully saturated rings. The molecular formula is C14H15FN2O3. The molecule has 1 aromatic rings. The number of hydrogen-bond acceptors (Lipinski definition) is 4. The van der Waals surface area contributed by atoms with Gasteiger partial charge in [-0.25, -0.2) is 4.39 Å². The zero-order chi connectivity index (χ0) is 15.0. The lowest BCUT2D eigenvalue weighted by molar-refractivity contribution is -0.122. The molecular weight excluding hydrogens is 263 g/mol. The number of methoxy groups -OCH3 is 1. The van der Waals surface area contributed by atoms with E-state index in [1.807, 2.05) is 0 Å². The Hall–Kier alpha value is -2.26. The fourth-order valence-electron chi connectivity index (χ4n) is 1.55. The number of carbonyl (C=O) groups excluding carboxylic acids is 2. The van der Waals surface area contributed by atoms with Gasteiger partial charge in [-0.3, -0.25) is 9.59 Å². The Balaban J connectivity index is 2.65. The van der Waals surface area contributed by atoms with E-state index in [4.69, 9.17) is 10.00 Å². The Labute approximate surface area is 116 Å². The van der Waals surface area contributed by atoms with Crippen molar-refractivity contribution in [2.45, 2.75) is 6.42 Å². The SMILES string of the molecule is COCCCNC(=O)C(C#N)C(=O)c1ccc(F)cc1. The second-order valence-corrected chi connectivity index (χ2v) is 4.07. The normalized spacial score (nSPS) is 11.4. The summed E-state index contributed by atoms with van der Waals surface area (Å²) in [5.41, 5.74) is 0.130. The summed E-state index contributed by atoms with van der Waals surface area (Å²) in [4.78, 5) is 23.7. The first-order valence-electron chi connectivity index (χ1n) is 6.06. The molecule has 1 amide bonds. The van der Waals surface area contributed by atoms with Crippen molar-refractivity contribution in [3.8, 4) is 6.07 Å². The molecule has 0 aliphatic rings. The van der Waals surface area contributed by atoms with Crippen LogP contribution in [0.3, 0.4) is 0 Å². The van der Waals surface area contributed by atoms with Crippen molar-refractivity contribution in [2.75, 3.05) is 20.3 Å². The molecule has 6 heteroatoms. The van der Waals surface area contributed by atoms with E-state index in [-0.39, 0.29) is 5.56 Å². The first kappa shape index (κ1) is 15.8. The Morgan fingerprint density at radius 2 is 2.05 bits per heavy atom. The van der Waals surface area contributed by atoms with Crippen LogP contribution in [0.5, 0.6) is 0 Å². The van der Waals surface area contributed by atoms with E-state index in [1.165, 1.54) is 19.2 Å². The average molecular weight is 278 g/mol. The van der Waals surface area contributed by atoms with Crippen LogP contribution in [0.4, 0.5) is 4.39 Å². The van der Waals surface area contributed by atoms with Gasteiger partial charge in [-0.2, -0.15) is 5.26 Å². The van der Waals surface area contributed by atoms with Gasteiger partial charge in [-0.15, -0.1) is 0 Å². The quantitative estimate of drug-likeness (QED) is 0.463. The lowest BCUT2D eigenvalue weighted by atomic mass is 9.98. The van der Waals surface area contributed by atoms with Gasteiger partial charge in [0.05, 0.1) is 6.07 Å². The van der Waals surface area contributed by atoms with Crippen LogP contribution in [-0.4, -0.2) is 32.0 Å². The Kier molecular flexibility index (Phi) is 6.33. The number of nitrogens with zero attached hydrogens (tertiary/aromatic N) is 1. The molecule has 5 nitrogen and oxygen atoms in total. The molecule has 0 spiro atoms. The fourth-order valence-corrected chi connectivity index (χ4v) is 1.55. The number of Topliss-reactive ketones (excluding diaryl/α,β-unsaturated/α-hetero) is 1. The highest BCUT2D eigenvalue weighted by Crippen LogP contribution is 2.10. The molecule has 1 atom stereocenters. The van der Waals surface area contributed by atoms with Crippen molar-refractivity contribution in [1.29, 1.82) is 5.26 Å². The van der Waals surface area contributed by atoms with E-state index in [9.17, 15) is 14.0 Å². The van der Waals surface area contributed by atoms with Crippen molar-refractivity contribution in [2.24, 2.45) is 5.92 Å². The highest BCUT2D eigenvalue weighted by Gasteiger charge is 2.27. The van der Waals surface area contributed by atoms with Gasteiger partial charge in [0.25, 0.3) is 0 Å². The largest absolute Gasteiger partial charge is 0.385 e. The van der Waals surface area contributed by atoms with Crippen LogP contribution in [-0.2, 0) is 9.53 Å². The maximum Gasteiger partial charge on any atom is 0.245 e. The zero-order valence-corrected chi connectivity index (χ0v) is 11.1. The van der Waals surface area contributed by atoms with Crippen LogP contribution < -0.4 is 5.32 Å². The third-order valence-corrected chi connectivity index (χ3v) is 2.61. The summed E-state index contributed by atoms with van der Waals surface area (Å²) < 4.78 is 17.6. The van der Waals surface area contributed by atoms with Crippen LogP contribution in [0.1, 0.15) is 16.8 Å². The summed E-state index contributed by atoms with van der Waals surface area (Å²) in [7, 11) is 1.54. The third kappa shape index (κ3) is 4.44. The molecule has 1 unspecified atom stereocenters. The molecule has 1 N–H and O–H groups in total. The van der Waals surface area contributed by atoms with Crippen LogP contribution in [0.25, 0.3) is 0 Å². The molecule has 20 heavy (non-hydrogen) atoms. The number of ketones is 1. The van der Waals surface area contributed by atoms with Crippen LogP contribution >= 0.6 is 0 Å². The molecule has 1 rings (SSSR count). The molecule has 0 aliphatic carbocycles. The van der Waals surface area contributed by atoms with Crippen molar-refractivity contribution >= 4 is 11.7 Å². The number of benzene rings is 1. The number of amides is 1. The average Bonchev–Trinajstić information content (AvgIpc) is 2.45. The highest BCUT2D eigenvalue weighted by molar-refractivity contribution is 6.12. The van der Waals surface area contributed by atoms with Gasteiger partial charge < -0.3 is 10.1 Å². The molecule has 1 aromatic carbocycles. The summed E-state index contributed by atoms with van der Waals surface area (Å²) in [5.74, 6) is -3.21. The van der Waals surface area contributed by atoms with E-state index in [0.717, 1.165) is 12.1 Å². The molecule has 0 heterocycles. The van der Waals surface area contributed by atoms with Crippen LogP contribution in [0.2, 0.25) is 0 Å². The van der Waals surface area contributed by atoms with E-state index in [2.05, 4.69) is 5.32 Å². The predicted octanol–water partition coefficient (Wildman–Crippen LogP) is 1.30. The summed E-state index contributed by atoms with van der Waals surface area (Å²) in [6.45, 7) is 0.797. The number of halogens is 1. The van der Waals surface area contributed by atoms with Gasteiger partial charge in [0.2, 0.25) is 5.91 Å². The summed E-state index contributed by atoms with van der Waals surface area (Å²) in [6.07, 6.45) is 0.588. The van der Waals surface area contributed by atoms with Gasteiger partial charge in [0.1, 0.15) is 5.82 Å². The summed E-state index contributed by atoms with van der Waals surface area (Å²) in [5, 5.41) is 11.4. The van der Waals surface area contributed by atoms with Crippen molar-refractivity contribution in [1.82, 2.24) is 5.32 Å². The number of carbonyl (C=O) groups is 2. The lowest BCUT2D eigenvalue weighted by Crippen LogP contribution is -2.35. The molecule has 106 valence electrons. The lowest BCUT2D eigenvalue weighted by Gasteiger charge is -2.09. The van der Waals surface area contributed by atoms with Crippen LogP contribution in [0, 0.1) is 23.1 Å². The molecule has 0 radical (unpaired) electrons. The fraction of sp³-hybridized carbons (Fsp3) is 0.357. The summed E-state index contributed by atoms with van der Waals surface area (Å²) in [6, 6.07) is 6.39. The third-order valence-electron chi connectivity index (χ3n) is 2.61. The van der Waals surface area contributed by atoms with Gasteiger partial charge >= 0.3 is 0 Å². The highest BCUT2D eigenvalue weighted by atomic mass is 19.1. The number of hydrogen-bond donors (Lipinski definition) is 1. The first-order valence-corrected chi connectivity index (χ1v) is 6.06. The standard InChI is InChI=1S/C14H15FN2O3/c1-20-8-2-7-17-14(19)12(9-16)13(18)10-3-5-11(15)6-4-10/h3-6,12H,2,7-8H2,1H3,(H,17,19). The smallest absolute Gasteiger partial charge is 0.245 e. The second-order valence-electron chi connectivity index (χ2n) is 4.07. The Bertz CT molecular complexity index is 508. The minimum absolute atomic E-state index is 0.130. The maximum atomic E-state index is 12.8. The van der Waals surface area contributed by atoms with Gasteiger partial charge in [-0.05, 0) is 30.7 Å². The van der Waals surface area contributed by atoms with E-state index in [0.29, 0.717) is 19.6 Å². The molecule has 0 aromatic heterocycles. The molecule has 0 saturated carbocycles. The molecule has 0 aliphatic heterocycles. The first-order chi connectivity index (χ1) is 9.60. The minimum atomic E-state index is -1.43. The number of nitrogens with one attached hydrogen (secondary N) is 1. The topological polar surface area (TPSA) is 79.2 Å². The van der Waals surface area contributed by atoms with Gasteiger partial charge in [0, 0.05) is 25.8 Å². The maximum absolute atomic E-state index is 12.8. The summed E-state index contributed by atoms with van der Waals surface area (Å²) >= 11 is 0. The van der Waals surface area contributed by atoms with Crippen molar-refractivity contribution < 1.29 is 18.7 Å². The van der Waals surface area contributed by atoms with E-state index >= 15 is 0 Å². The predicted molar refractivity (Wildman–Crippen MR) is 69.3 cm³/mol. The Morgan fingerprint density at radius 3 is 2.60 bits per heavy atom. The zero-order valence-electron chi connectivity index (χ0n) is 11.1. The van der Waals surface area contributed by atoms with Crippen LogP contribution in [0.15, 0.2) is 24.3 Å². The Morgan fingerprint density at radius 1 is 1.40 bits per heavy atom. The molecule has 0 saturated heterocycles. The van der Waals surface area contributed by atoms with E-state index in [1.54, 1.807) is 6.07 Å². The molecule has 0 bridgehead atoms. The number of ether oxygens (including phenoxy) is 1. The number of rotatable bonds is 7. The van der Waals surface area contributed by atoms with Gasteiger partial charge in [0.15, 0.2) is 11.7 Å². The van der Waals surface area contributed by atoms with Gasteiger partial charge in [-0.1, -0.05) is 0 Å². The minimum Gasteiger partial charge on any atom is -0.385 e. The monoisotopic (exact) mass is 278 g/mol. The van der Waals surface area contributed by atoms with Crippen molar-refractivity contribution in [3.63, 3.8) is 0 Å². The second kappa shape index (κ2) is 8.02.